The molecule has 3 nitrogen and oxygen atoms in total. The molecule has 1 N–H and O–H groups in total. The van der Waals surface area contributed by atoms with Gasteiger partial charge in [0.1, 0.15) is 0 Å². The van der Waals surface area contributed by atoms with E-state index >= 15 is 0 Å². The van der Waals surface area contributed by atoms with Crippen molar-refractivity contribution in [2.45, 2.75) is 6.10 Å². The fourth-order valence-electron chi connectivity index (χ4n) is 2.89. The highest BCUT2D eigenvalue weighted by Crippen LogP contribution is 2.21. The van der Waals surface area contributed by atoms with Crippen molar-refractivity contribution in [2.75, 3.05) is 37.6 Å². The Balaban J connectivity index is 1.54. The standard InChI is InChI=1S/C18H21ClN2O/c19-16-7-4-8-17(13-16)21-11-9-20(10-12-21)14-18(22)15-5-2-1-3-6-15/h1-8,13,18,22H,9-12,14H2/t18-/m0/s1. The summed E-state index contributed by atoms with van der Waals surface area (Å²) in [4.78, 5) is 4.66. The number of hydrogen-bond donors (Lipinski definition) is 1. The first kappa shape index (κ1) is 15.3. The van der Waals surface area contributed by atoms with Gasteiger partial charge in [-0.05, 0) is 23.8 Å². The first-order valence-electron chi connectivity index (χ1n) is 7.68. The van der Waals surface area contributed by atoms with Crippen LogP contribution in [-0.2, 0) is 0 Å². The highest BCUT2D eigenvalue weighted by atomic mass is 35.5. The summed E-state index contributed by atoms with van der Waals surface area (Å²) in [5.41, 5.74) is 2.16. The van der Waals surface area contributed by atoms with E-state index in [0.29, 0.717) is 6.54 Å². The Morgan fingerprint density at radius 3 is 2.36 bits per heavy atom. The molecule has 0 unspecified atom stereocenters. The SMILES string of the molecule is O[C@@H](CN1CCN(c2cccc(Cl)c2)CC1)c1ccccc1. The molecule has 3 rings (SSSR count). The Kier molecular flexibility index (Phi) is 4.98. The minimum absolute atomic E-state index is 0.418. The number of rotatable bonds is 4. The van der Waals surface area contributed by atoms with Crippen LogP contribution in [0.15, 0.2) is 54.6 Å². The lowest BCUT2D eigenvalue weighted by atomic mass is 10.1. The molecule has 0 radical (unpaired) electrons. The van der Waals surface area contributed by atoms with Gasteiger partial charge in [0.2, 0.25) is 0 Å². The van der Waals surface area contributed by atoms with Crippen LogP contribution in [0.3, 0.4) is 0 Å². The van der Waals surface area contributed by atoms with Crippen molar-refractivity contribution in [1.29, 1.82) is 0 Å². The largest absolute Gasteiger partial charge is 0.387 e. The Morgan fingerprint density at radius 1 is 0.955 bits per heavy atom. The predicted octanol–water partition coefficient (Wildman–Crippen LogP) is 3.20. The summed E-state index contributed by atoms with van der Waals surface area (Å²) in [6, 6.07) is 17.9. The second-order valence-corrected chi connectivity index (χ2v) is 6.13. The number of piperazine rings is 1. The third-order valence-electron chi connectivity index (χ3n) is 4.16. The van der Waals surface area contributed by atoms with E-state index in [1.54, 1.807) is 0 Å². The van der Waals surface area contributed by atoms with Gasteiger partial charge in [-0.25, -0.2) is 0 Å². The van der Waals surface area contributed by atoms with Gasteiger partial charge in [0.15, 0.2) is 0 Å². The van der Waals surface area contributed by atoms with E-state index in [0.717, 1.165) is 36.8 Å². The monoisotopic (exact) mass is 316 g/mol. The molecule has 0 aromatic heterocycles. The van der Waals surface area contributed by atoms with Gasteiger partial charge in [0, 0.05) is 43.4 Å². The van der Waals surface area contributed by atoms with Gasteiger partial charge >= 0.3 is 0 Å². The zero-order chi connectivity index (χ0) is 15.4. The van der Waals surface area contributed by atoms with Gasteiger partial charge in [-0.3, -0.25) is 4.90 Å². The van der Waals surface area contributed by atoms with Gasteiger partial charge in [0.25, 0.3) is 0 Å². The van der Waals surface area contributed by atoms with Crippen LogP contribution in [0.5, 0.6) is 0 Å². The van der Waals surface area contributed by atoms with Crippen molar-refractivity contribution in [2.24, 2.45) is 0 Å². The van der Waals surface area contributed by atoms with Crippen LogP contribution in [0.2, 0.25) is 5.02 Å². The lowest BCUT2D eigenvalue weighted by molar-refractivity contribution is 0.109. The third-order valence-corrected chi connectivity index (χ3v) is 4.40. The Labute approximate surface area is 136 Å². The molecule has 1 atom stereocenters. The number of aliphatic hydroxyl groups excluding tert-OH is 1. The lowest BCUT2D eigenvalue weighted by Gasteiger charge is -2.37. The summed E-state index contributed by atoms with van der Waals surface area (Å²) in [5, 5.41) is 11.1. The van der Waals surface area contributed by atoms with Gasteiger partial charge in [0.05, 0.1) is 6.10 Å². The van der Waals surface area contributed by atoms with E-state index in [1.165, 1.54) is 5.69 Å². The highest BCUT2D eigenvalue weighted by molar-refractivity contribution is 6.30. The van der Waals surface area contributed by atoms with Crippen molar-refractivity contribution in [3.05, 3.63) is 65.2 Å². The molecule has 1 saturated heterocycles. The zero-order valence-corrected chi connectivity index (χ0v) is 13.3. The normalized spacial score (nSPS) is 17.5. The van der Waals surface area contributed by atoms with Crippen LogP contribution in [0.25, 0.3) is 0 Å². The van der Waals surface area contributed by atoms with E-state index in [2.05, 4.69) is 15.9 Å². The second kappa shape index (κ2) is 7.14. The summed E-state index contributed by atoms with van der Waals surface area (Å²) >= 11 is 6.06. The first-order chi connectivity index (χ1) is 10.7. The Hall–Kier alpha value is -1.55. The molecule has 0 aliphatic carbocycles. The summed E-state index contributed by atoms with van der Waals surface area (Å²) in [7, 11) is 0. The fourth-order valence-corrected chi connectivity index (χ4v) is 3.07. The summed E-state index contributed by atoms with van der Waals surface area (Å²) < 4.78 is 0. The van der Waals surface area contributed by atoms with Crippen LogP contribution in [-0.4, -0.2) is 42.7 Å². The number of nitrogens with zero attached hydrogens (tertiary/aromatic N) is 2. The lowest BCUT2D eigenvalue weighted by Crippen LogP contribution is -2.47. The van der Waals surface area contributed by atoms with Crippen molar-refractivity contribution >= 4 is 17.3 Å². The molecule has 1 fully saturated rings. The Bertz CT molecular complexity index is 597. The van der Waals surface area contributed by atoms with E-state index in [1.807, 2.05) is 48.5 Å². The second-order valence-electron chi connectivity index (χ2n) is 5.69. The molecule has 0 saturated carbocycles. The number of anilines is 1. The van der Waals surface area contributed by atoms with Crippen molar-refractivity contribution < 1.29 is 5.11 Å². The summed E-state index contributed by atoms with van der Waals surface area (Å²) in [6.07, 6.45) is -0.418. The van der Waals surface area contributed by atoms with Crippen molar-refractivity contribution in [1.82, 2.24) is 4.90 Å². The third kappa shape index (κ3) is 3.80. The molecule has 4 heteroatoms. The zero-order valence-electron chi connectivity index (χ0n) is 12.5. The highest BCUT2D eigenvalue weighted by Gasteiger charge is 2.20. The molecule has 1 aliphatic heterocycles. The smallest absolute Gasteiger partial charge is 0.0916 e. The van der Waals surface area contributed by atoms with Crippen molar-refractivity contribution in [3.8, 4) is 0 Å². The average molecular weight is 317 g/mol. The van der Waals surface area contributed by atoms with Gasteiger partial charge in [-0.15, -0.1) is 0 Å². The molecule has 1 heterocycles. The van der Waals surface area contributed by atoms with Crippen LogP contribution < -0.4 is 4.90 Å². The predicted molar refractivity (Wildman–Crippen MR) is 91.5 cm³/mol. The minimum atomic E-state index is -0.418. The molecule has 0 bridgehead atoms. The van der Waals surface area contributed by atoms with Crippen LogP contribution in [0, 0.1) is 0 Å². The number of β-amino-alcohol motifs (C(OH)–C–C–N with tert-alkyl or cyclic N) is 1. The maximum Gasteiger partial charge on any atom is 0.0916 e. The molecule has 2 aromatic rings. The number of halogens is 1. The summed E-state index contributed by atoms with van der Waals surface area (Å²) in [6.45, 7) is 4.52. The average Bonchev–Trinajstić information content (AvgIpc) is 2.56. The number of aliphatic hydroxyl groups is 1. The maximum atomic E-state index is 10.3. The van der Waals surface area contributed by atoms with E-state index in [-0.39, 0.29) is 0 Å². The molecule has 2 aromatic carbocycles. The molecule has 22 heavy (non-hydrogen) atoms. The van der Waals surface area contributed by atoms with Gasteiger partial charge in [-0.2, -0.15) is 0 Å². The van der Waals surface area contributed by atoms with E-state index in [9.17, 15) is 5.11 Å². The quantitative estimate of drug-likeness (QED) is 0.938. The molecule has 0 amide bonds. The first-order valence-corrected chi connectivity index (χ1v) is 8.06. The van der Waals surface area contributed by atoms with Crippen molar-refractivity contribution in [3.63, 3.8) is 0 Å². The maximum absolute atomic E-state index is 10.3. The molecule has 116 valence electrons. The topological polar surface area (TPSA) is 26.7 Å². The van der Waals surface area contributed by atoms with E-state index < -0.39 is 6.10 Å². The molecular weight excluding hydrogens is 296 g/mol. The summed E-state index contributed by atoms with van der Waals surface area (Å²) in [5.74, 6) is 0. The molecular formula is C18H21ClN2O. The van der Waals surface area contributed by atoms with Gasteiger partial charge < -0.3 is 10.0 Å². The van der Waals surface area contributed by atoms with Crippen LogP contribution >= 0.6 is 11.6 Å². The van der Waals surface area contributed by atoms with E-state index in [4.69, 9.17) is 11.6 Å². The number of hydrogen-bond acceptors (Lipinski definition) is 3. The minimum Gasteiger partial charge on any atom is -0.387 e. The van der Waals surface area contributed by atoms with Crippen LogP contribution in [0.1, 0.15) is 11.7 Å². The van der Waals surface area contributed by atoms with Crippen LogP contribution in [0.4, 0.5) is 5.69 Å². The molecule has 0 spiro atoms. The van der Waals surface area contributed by atoms with Gasteiger partial charge in [-0.1, -0.05) is 48.0 Å². The molecule has 1 aliphatic rings. The number of benzene rings is 2. The Morgan fingerprint density at radius 2 is 1.68 bits per heavy atom. The fraction of sp³-hybridized carbons (Fsp3) is 0.333.